The highest BCUT2D eigenvalue weighted by Crippen LogP contribution is 2.22. The smallest absolute Gasteiger partial charge is 0.320 e. The lowest BCUT2D eigenvalue weighted by Gasteiger charge is -2.35. The van der Waals surface area contributed by atoms with Crippen LogP contribution in [0.2, 0.25) is 0 Å². The van der Waals surface area contributed by atoms with Crippen LogP contribution in [0.1, 0.15) is 38.7 Å². The second kappa shape index (κ2) is 8.17. The summed E-state index contributed by atoms with van der Waals surface area (Å²) in [5, 5.41) is 0. The van der Waals surface area contributed by atoms with Gasteiger partial charge in [0.15, 0.2) is 0 Å². The van der Waals surface area contributed by atoms with E-state index in [0.717, 1.165) is 64.1 Å². The second-order valence-electron chi connectivity index (χ2n) is 7.68. The molecule has 0 aliphatic carbocycles. The molecular formula is C20H30FN3O. The first-order valence-corrected chi connectivity index (χ1v) is 9.57. The molecule has 2 fully saturated rings. The lowest BCUT2D eigenvalue weighted by atomic mass is 10.0. The van der Waals surface area contributed by atoms with E-state index in [1.807, 2.05) is 17.0 Å². The van der Waals surface area contributed by atoms with Crippen LogP contribution in [0.25, 0.3) is 0 Å². The molecule has 1 aromatic carbocycles. The maximum atomic E-state index is 13.2. The van der Waals surface area contributed by atoms with Crippen molar-refractivity contribution < 1.29 is 9.18 Å². The first-order chi connectivity index (χ1) is 12.0. The molecule has 1 aromatic rings. The van der Waals surface area contributed by atoms with E-state index >= 15 is 0 Å². The number of likely N-dealkylation sites (tertiary alicyclic amines) is 1. The van der Waals surface area contributed by atoms with Gasteiger partial charge in [-0.1, -0.05) is 26.0 Å². The molecule has 4 nitrogen and oxygen atoms in total. The van der Waals surface area contributed by atoms with Crippen LogP contribution in [0.4, 0.5) is 9.18 Å². The second-order valence-corrected chi connectivity index (χ2v) is 7.68. The summed E-state index contributed by atoms with van der Waals surface area (Å²) < 4.78 is 13.2. The van der Waals surface area contributed by atoms with Crippen LogP contribution in [0.5, 0.6) is 0 Å². The topological polar surface area (TPSA) is 26.8 Å². The maximum Gasteiger partial charge on any atom is 0.320 e. The summed E-state index contributed by atoms with van der Waals surface area (Å²) in [4.78, 5) is 19.3. The first-order valence-electron chi connectivity index (χ1n) is 9.57. The number of urea groups is 1. The van der Waals surface area contributed by atoms with Gasteiger partial charge in [-0.05, 0) is 42.9 Å². The number of benzene rings is 1. The largest absolute Gasteiger partial charge is 0.325 e. The Morgan fingerprint density at radius 3 is 2.32 bits per heavy atom. The average molecular weight is 347 g/mol. The van der Waals surface area contributed by atoms with E-state index in [-0.39, 0.29) is 11.8 Å². The number of halogens is 1. The molecule has 2 amide bonds. The van der Waals surface area contributed by atoms with Crippen LogP contribution in [0, 0.1) is 11.7 Å². The molecule has 138 valence electrons. The van der Waals surface area contributed by atoms with E-state index in [4.69, 9.17) is 0 Å². The third kappa shape index (κ3) is 4.51. The standard InChI is InChI=1S/C20H30FN3O/c1-16(2)19-15-24(20(25)22-10-3-4-11-22)13-5-12-23(19)14-17-6-8-18(21)9-7-17/h6-9,16,19H,3-5,10-15H2,1-2H3. The third-order valence-electron chi connectivity index (χ3n) is 5.47. The van der Waals surface area contributed by atoms with E-state index in [9.17, 15) is 9.18 Å². The highest BCUT2D eigenvalue weighted by Gasteiger charge is 2.32. The molecule has 2 saturated heterocycles. The lowest BCUT2D eigenvalue weighted by Crippen LogP contribution is -2.48. The Morgan fingerprint density at radius 1 is 1.04 bits per heavy atom. The minimum Gasteiger partial charge on any atom is -0.325 e. The van der Waals surface area contributed by atoms with Gasteiger partial charge >= 0.3 is 6.03 Å². The molecule has 0 saturated carbocycles. The molecule has 0 radical (unpaired) electrons. The molecule has 0 bridgehead atoms. The maximum absolute atomic E-state index is 13.2. The predicted octanol–water partition coefficient (Wildman–Crippen LogP) is 3.57. The summed E-state index contributed by atoms with van der Waals surface area (Å²) >= 11 is 0. The van der Waals surface area contributed by atoms with Crippen molar-refractivity contribution >= 4 is 6.03 Å². The van der Waals surface area contributed by atoms with Crippen molar-refractivity contribution in [1.82, 2.24) is 14.7 Å². The molecule has 5 heteroatoms. The van der Waals surface area contributed by atoms with Crippen molar-refractivity contribution in [1.29, 1.82) is 0 Å². The van der Waals surface area contributed by atoms with Gasteiger partial charge in [0.25, 0.3) is 0 Å². The quantitative estimate of drug-likeness (QED) is 0.836. The normalized spacial score (nSPS) is 22.5. The van der Waals surface area contributed by atoms with Gasteiger partial charge in [0.1, 0.15) is 5.82 Å². The summed E-state index contributed by atoms with van der Waals surface area (Å²) in [6.07, 6.45) is 3.25. The highest BCUT2D eigenvalue weighted by atomic mass is 19.1. The van der Waals surface area contributed by atoms with Crippen molar-refractivity contribution in [3.05, 3.63) is 35.6 Å². The van der Waals surface area contributed by atoms with Gasteiger partial charge in [-0.25, -0.2) is 9.18 Å². The number of carbonyl (C=O) groups is 1. The average Bonchev–Trinajstić information content (AvgIpc) is 3.04. The third-order valence-corrected chi connectivity index (χ3v) is 5.47. The van der Waals surface area contributed by atoms with Crippen molar-refractivity contribution in [2.75, 3.05) is 32.7 Å². The van der Waals surface area contributed by atoms with E-state index in [0.29, 0.717) is 12.0 Å². The Morgan fingerprint density at radius 2 is 1.68 bits per heavy atom. The molecule has 2 aliphatic heterocycles. The zero-order valence-corrected chi connectivity index (χ0v) is 15.5. The molecule has 3 rings (SSSR count). The number of nitrogens with zero attached hydrogens (tertiary/aromatic N) is 3. The molecule has 1 unspecified atom stereocenters. The van der Waals surface area contributed by atoms with Gasteiger partial charge < -0.3 is 9.80 Å². The van der Waals surface area contributed by atoms with Gasteiger partial charge in [-0.3, -0.25) is 4.90 Å². The number of carbonyl (C=O) groups excluding carboxylic acids is 1. The predicted molar refractivity (Wildman–Crippen MR) is 97.8 cm³/mol. The Kier molecular flexibility index (Phi) is 5.94. The van der Waals surface area contributed by atoms with Gasteiger partial charge in [0, 0.05) is 45.3 Å². The van der Waals surface area contributed by atoms with Crippen LogP contribution in [0.15, 0.2) is 24.3 Å². The monoisotopic (exact) mass is 347 g/mol. The summed E-state index contributed by atoms with van der Waals surface area (Å²) in [6.45, 7) is 9.67. The Balaban J connectivity index is 1.69. The Labute approximate surface area is 150 Å². The van der Waals surface area contributed by atoms with E-state index in [1.165, 1.54) is 12.1 Å². The van der Waals surface area contributed by atoms with Crippen molar-refractivity contribution in [2.45, 2.75) is 45.7 Å². The number of rotatable bonds is 3. The zero-order chi connectivity index (χ0) is 17.8. The fourth-order valence-electron chi connectivity index (χ4n) is 4.00. The Hall–Kier alpha value is -1.62. The minimum absolute atomic E-state index is 0.192. The van der Waals surface area contributed by atoms with E-state index in [1.54, 1.807) is 0 Å². The van der Waals surface area contributed by atoms with Crippen LogP contribution in [0.3, 0.4) is 0 Å². The van der Waals surface area contributed by atoms with Crippen LogP contribution >= 0.6 is 0 Å². The van der Waals surface area contributed by atoms with Crippen LogP contribution in [-0.2, 0) is 6.54 Å². The van der Waals surface area contributed by atoms with Crippen molar-refractivity contribution in [3.63, 3.8) is 0 Å². The van der Waals surface area contributed by atoms with Crippen molar-refractivity contribution in [2.24, 2.45) is 5.92 Å². The van der Waals surface area contributed by atoms with Gasteiger partial charge in [-0.15, -0.1) is 0 Å². The fourth-order valence-corrected chi connectivity index (χ4v) is 4.00. The van der Waals surface area contributed by atoms with E-state index < -0.39 is 0 Å². The van der Waals surface area contributed by atoms with Gasteiger partial charge in [-0.2, -0.15) is 0 Å². The summed E-state index contributed by atoms with van der Waals surface area (Å²) in [5.74, 6) is 0.273. The highest BCUT2D eigenvalue weighted by molar-refractivity contribution is 5.74. The van der Waals surface area contributed by atoms with Crippen molar-refractivity contribution in [3.8, 4) is 0 Å². The first kappa shape index (κ1) is 18.2. The molecule has 0 N–H and O–H groups in total. The van der Waals surface area contributed by atoms with Gasteiger partial charge in [0.05, 0.1) is 0 Å². The van der Waals surface area contributed by atoms with E-state index in [2.05, 4.69) is 23.6 Å². The van der Waals surface area contributed by atoms with Crippen LogP contribution < -0.4 is 0 Å². The molecule has 0 aromatic heterocycles. The number of hydrogen-bond donors (Lipinski definition) is 0. The fraction of sp³-hybridized carbons (Fsp3) is 0.650. The van der Waals surface area contributed by atoms with Gasteiger partial charge in [0.2, 0.25) is 0 Å². The lowest BCUT2D eigenvalue weighted by molar-refractivity contribution is 0.124. The number of amides is 2. The Bertz CT molecular complexity index is 569. The molecule has 0 spiro atoms. The minimum atomic E-state index is -0.192. The molecule has 1 atom stereocenters. The molecule has 2 aliphatic rings. The SMILES string of the molecule is CC(C)C1CN(C(=O)N2CCCC2)CCCN1Cc1ccc(F)cc1. The molecular weight excluding hydrogens is 317 g/mol. The molecule has 25 heavy (non-hydrogen) atoms. The summed E-state index contributed by atoms with van der Waals surface area (Å²) in [5.41, 5.74) is 1.13. The number of hydrogen-bond acceptors (Lipinski definition) is 2. The summed E-state index contributed by atoms with van der Waals surface area (Å²) in [7, 11) is 0. The van der Waals surface area contributed by atoms with Crippen LogP contribution in [-0.4, -0.2) is 59.5 Å². The zero-order valence-electron chi connectivity index (χ0n) is 15.5. The molecule has 2 heterocycles. The summed E-state index contributed by atoms with van der Waals surface area (Å²) in [6, 6.07) is 7.34.